The Labute approximate surface area is 173 Å². The summed E-state index contributed by atoms with van der Waals surface area (Å²) in [6.45, 7) is 2.10. The molecule has 0 aliphatic carbocycles. The minimum absolute atomic E-state index is 0.00421. The third-order valence-corrected chi connectivity index (χ3v) is 5.47. The van der Waals surface area contributed by atoms with Gasteiger partial charge in [-0.3, -0.25) is 4.79 Å². The topological polar surface area (TPSA) is 72.5 Å². The van der Waals surface area contributed by atoms with Crippen molar-refractivity contribution in [1.82, 2.24) is 14.1 Å². The van der Waals surface area contributed by atoms with Crippen molar-refractivity contribution in [2.24, 2.45) is 0 Å². The molecule has 0 amide bonds. The van der Waals surface area contributed by atoms with Crippen molar-refractivity contribution >= 4 is 16.6 Å². The van der Waals surface area contributed by atoms with E-state index in [-0.39, 0.29) is 18.1 Å². The molecule has 0 bridgehead atoms. The number of benzene rings is 2. The maximum atomic E-state index is 12.4. The Morgan fingerprint density at radius 1 is 1.00 bits per heavy atom. The number of imidazole rings is 1. The zero-order chi connectivity index (χ0) is 20.5. The van der Waals surface area contributed by atoms with E-state index in [9.17, 15) is 4.79 Å². The van der Waals surface area contributed by atoms with Crippen LogP contribution in [0.25, 0.3) is 22.3 Å². The molecule has 1 saturated heterocycles. The molecule has 2 aromatic carbocycles. The van der Waals surface area contributed by atoms with Crippen molar-refractivity contribution in [3.63, 3.8) is 0 Å². The van der Waals surface area contributed by atoms with Gasteiger partial charge >= 0.3 is 0 Å². The largest absolute Gasteiger partial charge is 0.394 e. The lowest BCUT2D eigenvalue weighted by molar-refractivity contribution is 0.0135. The Morgan fingerprint density at radius 2 is 1.77 bits per heavy atom. The summed E-state index contributed by atoms with van der Waals surface area (Å²) >= 11 is 0. The number of pyridine rings is 1. The number of ether oxygens (including phenoxy) is 1. The van der Waals surface area contributed by atoms with Crippen molar-refractivity contribution in [3.05, 3.63) is 83.7 Å². The Morgan fingerprint density at radius 3 is 2.50 bits per heavy atom. The normalized spacial score (nSPS) is 14.2. The van der Waals surface area contributed by atoms with Gasteiger partial charge in [0.1, 0.15) is 0 Å². The van der Waals surface area contributed by atoms with Crippen molar-refractivity contribution in [2.45, 2.75) is 6.10 Å². The van der Waals surface area contributed by atoms with Gasteiger partial charge < -0.3 is 23.9 Å². The lowest BCUT2D eigenvalue weighted by Crippen LogP contribution is -2.52. The van der Waals surface area contributed by atoms with E-state index in [1.165, 1.54) is 0 Å². The summed E-state index contributed by atoms with van der Waals surface area (Å²) in [5.41, 5.74) is 3.92. The summed E-state index contributed by atoms with van der Waals surface area (Å²) in [4.78, 5) is 18.7. The summed E-state index contributed by atoms with van der Waals surface area (Å²) in [5, 5.41) is 9.53. The molecule has 7 nitrogen and oxygen atoms in total. The first kappa shape index (κ1) is 18.6. The molecule has 4 aromatic rings. The predicted octanol–water partition coefficient (Wildman–Crippen LogP) is 2.37. The smallest absolute Gasteiger partial charge is 0.189 e. The summed E-state index contributed by atoms with van der Waals surface area (Å²) < 4.78 is 9.49. The highest BCUT2D eigenvalue weighted by molar-refractivity contribution is 5.82. The molecule has 1 aliphatic rings. The Hall–Kier alpha value is -3.42. The first-order valence-corrected chi connectivity index (χ1v) is 9.94. The second-order valence-corrected chi connectivity index (χ2v) is 7.36. The number of aliphatic hydroxyl groups is 1. The van der Waals surface area contributed by atoms with E-state index in [0.29, 0.717) is 12.0 Å². The first-order valence-electron chi connectivity index (χ1n) is 9.94. The number of hydrogen-bond donors (Lipinski definition) is 1. The van der Waals surface area contributed by atoms with E-state index in [2.05, 4.69) is 34.1 Å². The molecule has 2 aromatic heterocycles. The van der Waals surface area contributed by atoms with E-state index in [4.69, 9.17) is 9.84 Å². The molecule has 3 heterocycles. The highest BCUT2D eigenvalue weighted by Gasteiger charge is 2.27. The molecular weight excluding hydrogens is 380 g/mol. The third-order valence-electron chi connectivity index (χ3n) is 5.47. The van der Waals surface area contributed by atoms with Gasteiger partial charge in [0.15, 0.2) is 5.43 Å². The van der Waals surface area contributed by atoms with Crippen molar-refractivity contribution < 1.29 is 9.84 Å². The number of hydrogen-bond acceptors (Lipinski definition) is 5. The molecule has 0 atom stereocenters. The van der Waals surface area contributed by atoms with E-state index in [1.54, 1.807) is 18.6 Å². The van der Waals surface area contributed by atoms with Gasteiger partial charge in [0, 0.05) is 60.2 Å². The van der Waals surface area contributed by atoms with Crippen LogP contribution in [-0.2, 0) is 4.74 Å². The molecule has 1 fully saturated rings. The molecule has 1 aliphatic heterocycles. The molecule has 30 heavy (non-hydrogen) atoms. The first-order chi connectivity index (χ1) is 14.7. The fraction of sp³-hybridized carbons (Fsp3) is 0.217. The number of anilines is 1. The van der Waals surface area contributed by atoms with Gasteiger partial charge in [-0.1, -0.05) is 0 Å². The van der Waals surface area contributed by atoms with Crippen LogP contribution in [0.5, 0.6) is 0 Å². The van der Waals surface area contributed by atoms with Crippen LogP contribution in [0.3, 0.4) is 0 Å². The monoisotopic (exact) mass is 402 g/mol. The second-order valence-electron chi connectivity index (χ2n) is 7.36. The van der Waals surface area contributed by atoms with Crippen LogP contribution < -0.4 is 10.3 Å². The summed E-state index contributed by atoms with van der Waals surface area (Å²) in [7, 11) is 0. The van der Waals surface area contributed by atoms with Crippen molar-refractivity contribution in [2.75, 3.05) is 31.2 Å². The van der Waals surface area contributed by atoms with Crippen LogP contribution in [0.4, 0.5) is 5.69 Å². The summed E-state index contributed by atoms with van der Waals surface area (Å²) in [6.07, 6.45) is 7.36. The third kappa shape index (κ3) is 3.38. The molecule has 0 unspecified atom stereocenters. The minimum Gasteiger partial charge on any atom is -0.394 e. The molecule has 0 saturated carbocycles. The number of nitrogens with zero attached hydrogens (tertiary/aromatic N) is 4. The van der Waals surface area contributed by atoms with E-state index < -0.39 is 0 Å². The zero-order valence-corrected chi connectivity index (χ0v) is 16.4. The lowest BCUT2D eigenvalue weighted by Gasteiger charge is -2.40. The number of rotatable bonds is 6. The molecule has 0 spiro atoms. The Balaban J connectivity index is 1.45. The highest BCUT2D eigenvalue weighted by Crippen LogP contribution is 2.25. The predicted molar refractivity (Wildman–Crippen MR) is 116 cm³/mol. The average molecular weight is 402 g/mol. The van der Waals surface area contributed by atoms with Crippen LogP contribution in [-0.4, -0.2) is 51.6 Å². The van der Waals surface area contributed by atoms with E-state index >= 15 is 0 Å². The molecular formula is C23H22N4O3. The molecule has 0 radical (unpaired) electrons. The van der Waals surface area contributed by atoms with Crippen LogP contribution in [0.2, 0.25) is 0 Å². The van der Waals surface area contributed by atoms with Crippen molar-refractivity contribution in [3.8, 4) is 11.4 Å². The summed E-state index contributed by atoms with van der Waals surface area (Å²) in [5.74, 6) is 0. The number of aromatic nitrogens is 3. The van der Waals surface area contributed by atoms with Gasteiger partial charge in [0.05, 0.1) is 31.2 Å². The maximum Gasteiger partial charge on any atom is 0.189 e. The van der Waals surface area contributed by atoms with Crippen LogP contribution in [0.1, 0.15) is 0 Å². The fourth-order valence-electron chi connectivity index (χ4n) is 3.84. The molecule has 5 rings (SSSR count). The van der Waals surface area contributed by atoms with Gasteiger partial charge in [-0.15, -0.1) is 0 Å². The van der Waals surface area contributed by atoms with Gasteiger partial charge in [-0.2, -0.15) is 0 Å². The Bertz CT molecular complexity index is 1210. The number of aliphatic hydroxyl groups excluding tert-OH is 1. The van der Waals surface area contributed by atoms with Gasteiger partial charge in [-0.05, 0) is 42.5 Å². The van der Waals surface area contributed by atoms with E-state index in [0.717, 1.165) is 35.7 Å². The van der Waals surface area contributed by atoms with Gasteiger partial charge in [0.2, 0.25) is 0 Å². The fourth-order valence-corrected chi connectivity index (χ4v) is 3.84. The lowest BCUT2D eigenvalue weighted by atomic mass is 10.1. The Kier molecular flexibility index (Phi) is 4.82. The minimum atomic E-state index is 0.00421. The highest BCUT2D eigenvalue weighted by atomic mass is 16.5. The van der Waals surface area contributed by atoms with Gasteiger partial charge in [0.25, 0.3) is 0 Å². The van der Waals surface area contributed by atoms with Gasteiger partial charge in [-0.25, -0.2) is 4.98 Å². The standard InChI is InChI=1S/C23H22N4O3/c28-11-12-30-20-14-26(15-20)17-1-3-18(4-2-17)27-9-7-23(29)21-6-5-19(13-22(21)27)25-10-8-24-16-25/h1-10,13,16,20,28H,11-12,14-15H2. The van der Waals surface area contributed by atoms with Crippen molar-refractivity contribution in [1.29, 1.82) is 0 Å². The maximum absolute atomic E-state index is 12.4. The molecule has 7 heteroatoms. The average Bonchev–Trinajstić information content (AvgIpc) is 3.28. The molecule has 1 N–H and O–H groups in total. The molecule has 152 valence electrons. The van der Waals surface area contributed by atoms with Crippen LogP contribution in [0.15, 0.2) is 78.2 Å². The van der Waals surface area contributed by atoms with Crippen LogP contribution >= 0.6 is 0 Å². The SMILES string of the molecule is O=c1ccn(-c2ccc(N3CC(OCCO)C3)cc2)c2cc(-n3ccnc3)ccc12. The zero-order valence-electron chi connectivity index (χ0n) is 16.4. The second kappa shape index (κ2) is 7.78. The summed E-state index contributed by atoms with van der Waals surface area (Å²) in [6, 6.07) is 15.7. The van der Waals surface area contributed by atoms with E-state index in [1.807, 2.05) is 39.7 Å². The quantitative estimate of drug-likeness (QED) is 0.536. The van der Waals surface area contributed by atoms with Crippen LogP contribution in [0, 0.1) is 0 Å². The number of fused-ring (bicyclic) bond motifs is 1.